The molecule has 1 aliphatic carbocycles. The Balaban J connectivity index is 0.932. The summed E-state index contributed by atoms with van der Waals surface area (Å²) in [5.74, 6) is 0.397. The van der Waals surface area contributed by atoms with E-state index in [4.69, 9.17) is 5.10 Å². The zero-order chi connectivity index (χ0) is 37.3. The fourth-order valence-corrected chi connectivity index (χ4v) is 9.85. The van der Waals surface area contributed by atoms with Crippen LogP contribution in [0.5, 0.6) is 0 Å². The molecular formula is C39H46F2N10O3. The maximum atomic E-state index is 14.7. The van der Waals surface area contributed by atoms with Gasteiger partial charge < -0.3 is 24.7 Å². The Morgan fingerprint density at radius 1 is 0.981 bits per heavy atom. The number of amides is 1. The number of carboxylic acid groups (broad SMARTS) is 1. The van der Waals surface area contributed by atoms with Crippen molar-refractivity contribution in [3.63, 3.8) is 0 Å². The highest BCUT2D eigenvalue weighted by Gasteiger charge is 2.50. The van der Waals surface area contributed by atoms with Crippen LogP contribution in [-0.2, 0) is 31.2 Å². The van der Waals surface area contributed by atoms with E-state index in [0.717, 1.165) is 100 Å². The predicted molar refractivity (Wildman–Crippen MR) is 197 cm³/mol. The van der Waals surface area contributed by atoms with Gasteiger partial charge >= 0.3 is 5.97 Å². The molecule has 284 valence electrons. The Morgan fingerprint density at radius 3 is 2.44 bits per heavy atom. The van der Waals surface area contributed by atoms with Crippen LogP contribution in [0.4, 0.5) is 26.2 Å². The molecule has 7 heterocycles. The molecule has 3 aromatic heterocycles. The van der Waals surface area contributed by atoms with E-state index in [-0.39, 0.29) is 28.5 Å². The molecular weight excluding hydrogens is 694 g/mol. The lowest BCUT2D eigenvalue weighted by atomic mass is 9.78. The van der Waals surface area contributed by atoms with Gasteiger partial charge in [-0.2, -0.15) is 10.2 Å². The number of aromatic carboxylic acids is 1. The first kappa shape index (κ1) is 34.8. The summed E-state index contributed by atoms with van der Waals surface area (Å²) in [6, 6.07) is 4.33. The molecule has 9 rings (SSSR count). The Labute approximate surface area is 312 Å². The first-order chi connectivity index (χ1) is 26.1. The van der Waals surface area contributed by atoms with Crippen LogP contribution in [0.2, 0.25) is 0 Å². The minimum Gasteiger partial charge on any atom is -0.478 e. The number of halogens is 2. The number of fused-ring (bicyclic) bond motifs is 2. The van der Waals surface area contributed by atoms with Gasteiger partial charge in [0, 0.05) is 118 Å². The maximum Gasteiger partial charge on any atom is 0.338 e. The van der Waals surface area contributed by atoms with E-state index in [1.165, 1.54) is 18.1 Å². The van der Waals surface area contributed by atoms with Gasteiger partial charge in [0.05, 0.1) is 24.3 Å². The summed E-state index contributed by atoms with van der Waals surface area (Å²) < 4.78 is 33.2. The molecule has 0 bridgehead atoms. The van der Waals surface area contributed by atoms with E-state index in [9.17, 15) is 23.5 Å². The number of piperidine rings is 1. The molecule has 1 saturated carbocycles. The van der Waals surface area contributed by atoms with Gasteiger partial charge in [-0.15, -0.1) is 0 Å². The first-order valence-corrected chi connectivity index (χ1v) is 19.2. The van der Waals surface area contributed by atoms with E-state index < -0.39 is 12.4 Å². The molecule has 4 aliphatic heterocycles. The van der Waals surface area contributed by atoms with Gasteiger partial charge in [0.15, 0.2) is 5.82 Å². The Bertz CT molecular complexity index is 2080. The molecule has 13 nitrogen and oxygen atoms in total. The summed E-state index contributed by atoms with van der Waals surface area (Å²) in [5, 5.41) is 18.8. The molecule has 15 heteroatoms. The summed E-state index contributed by atoms with van der Waals surface area (Å²) in [6.07, 6.45) is 11.3. The van der Waals surface area contributed by atoms with Gasteiger partial charge in [0.1, 0.15) is 0 Å². The van der Waals surface area contributed by atoms with Crippen molar-refractivity contribution in [1.29, 1.82) is 0 Å². The van der Waals surface area contributed by atoms with Crippen molar-refractivity contribution in [3.8, 4) is 11.1 Å². The summed E-state index contributed by atoms with van der Waals surface area (Å²) in [6.45, 7) is 7.16. The molecule has 1 aromatic carbocycles. The summed E-state index contributed by atoms with van der Waals surface area (Å²) in [4.78, 5) is 41.2. The number of hydrogen-bond donors (Lipinski definition) is 1. The maximum absolute atomic E-state index is 14.7. The monoisotopic (exact) mass is 740 g/mol. The lowest BCUT2D eigenvalue weighted by Crippen LogP contribution is -2.56. The number of aromatic nitrogens is 6. The molecule has 54 heavy (non-hydrogen) atoms. The number of nitrogens with zero attached hydrogens (tertiary/aromatic N) is 10. The van der Waals surface area contributed by atoms with Crippen LogP contribution in [0.15, 0.2) is 36.9 Å². The SMILES string of the molecule is CC(=O)N1CCc2c(c(N3CCCc4cc(-c5cnn(C)c5)c(C(F)F)cc43)nn2C2CCN(C3CCC4(C3)CN(c3ncc(C(=O)O)cn3)C4)CC2)C1. The van der Waals surface area contributed by atoms with E-state index in [1.807, 2.05) is 11.0 Å². The fraction of sp³-hybridized carbons (Fsp3) is 0.538. The number of alkyl halides is 2. The number of anilines is 3. The highest BCUT2D eigenvalue weighted by atomic mass is 19.3. The zero-order valence-electron chi connectivity index (χ0n) is 30.8. The van der Waals surface area contributed by atoms with E-state index in [1.54, 1.807) is 37.1 Å². The highest BCUT2D eigenvalue weighted by molar-refractivity contribution is 5.86. The smallest absolute Gasteiger partial charge is 0.338 e. The van der Waals surface area contributed by atoms with Crippen molar-refractivity contribution in [1.82, 2.24) is 39.3 Å². The minimum atomic E-state index is -2.65. The molecule has 1 spiro atoms. The third kappa shape index (κ3) is 6.09. The van der Waals surface area contributed by atoms with Gasteiger partial charge in [-0.3, -0.25) is 14.2 Å². The number of benzene rings is 1. The van der Waals surface area contributed by atoms with Gasteiger partial charge in [-0.25, -0.2) is 23.5 Å². The van der Waals surface area contributed by atoms with Gasteiger partial charge in [-0.1, -0.05) is 0 Å². The molecule has 5 aliphatic rings. The van der Waals surface area contributed by atoms with Gasteiger partial charge in [-0.05, 0) is 68.2 Å². The number of hydrogen-bond acceptors (Lipinski definition) is 9. The number of rotatable bonds is 7. The Kier molecular flexibility index (Phi) is 8.66. The van der Waals surface area contributed by atoms with Crippen molar-refractivity contribution >= 4 is 29.3 Å². The van der Waals surface area contributed by atoms with E-state index in [2.05, 4.69) is 34.4 Å². The quantitative estimate of drug-likeness (QED) is 0.263. The van der Waals surface area contributed by atoms with Crippen LogP contribution >= 0.6 is 0 Å². The van der Waals surface area contributed by atoms with Crippen LogP contribution in [0, 0.1) is 5.41 Å². The Morgan fingerprint density at radius 2 is 1.76 bits per heavy atom. The van der Waals surface area contributed by atoms with Crippen LogP contribution in [0.25, 0.3) is 11.1 Å². The van der Waals surface area contributed by atoms with Crippen molar-refractivity contribution in [3.05, 3.63) is 64.9 Å². The molecule has 3 fully saturated rings. The molecule has 4 aromatic rings. The first-order valence-electron chi connectivity index (χ1n) is 19.2. The average Bonchev–Trinajstić information content (AvgIpc) is 3.91. The summed E-state index contributed by atoms with van der Waals surface area (Å²) in [7, 11) is 1.79. The second-order valence-electron chi connectivity index (χ2n) is 16.0. The topological polar surface area (TPSA) is 129 Å². The molecule has 0 radical (unpaired) electrons. The second-order valence-corrected chi connectivity index (χ2v) is 16.0. The lowest BCUT2D eigenvalue weighted by molar-refractivity contribution is -0.129. The predicted octanol–water partition coefficient (Wildman–Crippen LogP) is 5.39. The van der Waals surface area contributed by atoms with Crippen LogP contribution in [-0.4, -0.2) is 102 Å². The third-order valence-corrected chi connectivity index (χ3v) is 12.6. The number of aryl methyl sites for hydroxylation is 2. The van der Waals surface area contributed by atoms with Crippen molar-refractivity contribution in [2.45, 2.75) is 83.3 Å². The summed E-state index contributed by atoms with van der Waals surface area (Å²) in [5.41, 5.74) is 5.54. The van der Waals surface area contributed by atoms with Gasteiger partial charge in [0.25, 0.3) is 6.43 Å². The van der Waals surface area contributed by atoms with E-state index >= 15 is 0 Å². The lowest BCUT2D eigenvalue weighted by Gasteiger charge is -2.49. The molecule has 1 N–H and O–H groups in total. The zero-order valence-corrected chi connectivity index (χ0v) is 30.8. The standard InChI is InChI=1S/C39H46F2N10O3/c1-24(52)48-13-8-33-32(21-48)36(50-10-3-4-25-14-30(27-19-44-46(2)20-27)31(35(40)41)15-34(25)50)45-51(33)28-6-11-47(12-7-28)29-5-9-39(16-29)22-49(23-39)38-42-17-26(18-43-38)37(53)54/h14-15,17-20,28-29,35H,3-13,16,21-23H2,1-2H3,(H,53,54). The molecule has 1 amide bonds. The van der Waals surface area contributed by atoms with Gasteiger partial charge in [0.2, 0.25) is 11.9 Å². The van der Waals surface area contributed by atoms with Crippen molar-refractivity contribution in [2.75, 3.05) is 49.1 Å². The van der Waals surface area contributed by atoms with Crippen LogP contribution in [0.1, 0.15) is 90.7 Å². The molecule has 1 atom stereocenters. The van der Waals surface area contributed by atoms with E-state index in [0.29, 0.717) is 42.8 Å². The number of likely N-dealkylation sites (tertiary alicyclic amines) is 1. The second kappa shape index (κ2) is 13.4. The normalized spacial score (nSPS) is 21.4. The van der Waals surface area contributed by atoms with Crippen molar-refractivity contribution < 1.29 is 23.5 Å². The Hall–Kier alpha value is -4.92. The van der Waals surface area contributed by atoms with Crippen LogP contribution < -0.4 is 9.80 Å². The largest absolute Gasteiger partial charge is 0.478 e. The van der Waals surface area contributed by atoms with Crippen LogP contribution in [0.3, 0.4) is 0 Å². The third-order valence-electron chi connectivity index (χ3n) is 12.6. The minimum absolute atomic E-state index is 0.00860. The molecule has 1 unspecified atom stereocenters. The number of carbonyl (C=O) groups excluding carboxylic acids is 1. The summed E-state index contributed by atoms with van der Waals surface area (Å²) >= 11 is 0. The number of carbonyl (C=O) groups is 2. The molecule has 2 saturated heterocycles. The van der Waals surface area contributed by atoms with Crippen molar-refractivity contribution in [2.24, 2.45) is 12.5 Å². The number of carboxylic acids is 1. The average molecular weight is 741 g/mol. The highest BCUT2D eigenvalue weighted by Crippen LogP contribution is 2.49. The fourth-order valence-electron chi connectivity index (χ4n) is 9.85.